The van der Waals surface area contributed by atoms with Crippen molar-refractivity contribution < 1.29 is 4.74 Å². The smallest absolute Gasteiger partial charge is 0.101 e. The molecule has 2 aliphatic heterocycles. The van der Waals surface area contributed by atoms with Crippen LogP contribution in [0.15, 0.2) is 24.3 Å². The number of rotatable bonds is 3. The van der Waals surface area contributed by atoms with E-state index in [1.807, 2.05) is 18.2 Å². The Kier molecular flexibility index (Phi) is 4.74. The van der Waals surface area contributed by atoms with Crippen molar-refractivity contribution >= 4 is 5.69 Å². The third-order valence-corrected chi connectivity index (χ3v) is 4.51. The van der Waals surface area contributed by atoms with Gasteiger partial charge in [-0.2, -0.15) is 5.26 Å². The number of nitriles is 1. The fraction of sp³-hybridized carbons (Fsp3) is 0.588. The zero-order chi connectivity index (χ0) is 14.5. The van der Waals surface area contributed by atoms with Crippen LogP contribution in [0.2, 0.25) is 0 Å². The maximum Gasteiger partial charge on any atom is 0.101 e. The molecule has 0 aromatic heterocycles. The van der Waals surface area contributed by atoms with E-state index in [0.29, 0.717) is 5.92 Å². The van der Waals surface area contributed by atoms with Crippen molar-refractivity contribution in [1.82, 2.24) is 4.90 Å². The van der Waals surface area contributed by atoms with Gasteiger partial charge in [-0.15, -0.1) is 0 Å². The Morgan fingerprint density at radius 3 is 2.71 bits per heavy atom. The van der Waals surface area contributed by atoms with Gasteiger partial charge in [0.15, 0.2) is 0 Å². The van der Waals surface area contributed by atoms with Crippen molar-refractivity contribution in [2.75, 3.05) is 50.8 Å². The largest absolute Gasteiger partial charge is 0.381 e. The van der Waals surface area contributed by atoms with Gasteiger partial charge in [0.2, 0.25) is 0 Å². The van der Waals surface area contributed by atoms with Crippen LogP contribution >= 0.6 is 0 Å². The van der Waals surface area contributed by atoms with E-state index in [-0.39, 0.29) is 0 Å². The molecule has 4 nitrogen and oxygen atoms in total. The topological polar surface area (TPSA) is 39.5 Å². The van der Waals surface area contributed by atoms with E-state index in [0.717, 1.165) is 57.2 Å². The van der Waals surface area contributed by atoms with Gasteiger partial charge in [0.05, 0.1) is 17.9 Å². The van der Waals surface area contributed by atoms with Crippen LogP contribution in [0.5, 0.6) is 0 Å². The maximum absolute atomic E-state index is 9.22. The van der Waals surface area contributed by atoms with Crippen LogP contribution < -0.4 is 4.90 Å². The van der Waals surface area contributed by atoms with Gasteiger partial charge < -0.3 is 9.64 Å². The molecule has 2 saturated heterocycles. The molecule has 0 N–H and O–H groups in total. The minimum absolute atomic E-state index is 0.705. The minimum atomic E-state index is 0.705. The Bertz CT molecular complexity index is 497. The van der Waals surface area contributed by atoms with Gasteiger partial charge in [0.25, 0.3) is 0 Å². The molecule has 0 bridgehead atoms. The second kappa shape index (κ2) is 6.93. The van der Waals surface area contributed by atoms with Crippen LogP contribution in [-0.2, 0) is 4.74 Å². The number of para-hydroxylation sites is 1. The normalized spacial score (nSPS) is 23.8. The molecule has 1 aromatic rings. The number of anilines is 1. The van der Waals surface area contributed by atoms with Crippen molar-refractivity contribution in [2.24, 2.45) is 5.92 Å². The molecule has 21 heavy (non-hydrogen) atoms. The van der Waals surface area contributed by atoms with Crippen molar-refractivity contribution in [3.63, 3.8) is 0 Å². The van der Waals surface area contributed by atoms with E-state index in [1.54, 1.807) is 0 Å². The van der Waals surface area contributed by atoms with Gasteiger partial charge in [-0.05, 0) is 30.9 Å². The second-order valence-electron chi connectivity index (χ2n) is 6.00. The Morgan fingerprint density at radius 1 is 1.19 bits per heavy atom. The fourth-order valence-electron chi connectivity index (χ4n) is 3.33. The highest BCUT2D eigenvalue weighted by molar-refractivity contribution is 5.59. The average Bonchev–Trinajstić information content (AvgIpc) is 2.56. The van der Waals surface area contributed by atoms with Gasteiger partial charge in [0.1, 0.15) is 6.07 Å². The quantitative estimate of drug-likeness (QED) is 0.852. The molecule has 2 heterocycles. The maximum atomic E-state index is 9.22. The summed E-state index contributed by atoms with van der Waals surface area (Å²) in [5, 5.41) is 9.22. The predicted molar refractivity (Wildman–Crippen MR) is 83.4 cm³/mol. The standard InChI is InChI=1S/C17H23N3O/c18-12-16-5-1-2-6-17(16)20-9-7-19(8-10-20)13-15-4-3-11-21-14-15/h1-2,5-6,15H,3-4,7-11,13-14H2/t15-/m0/s1. The van der Waals surface area contributed by atoms with Crippen LogP contribution in [-0.4, -0.2) is 50.8 Å². The highest BCUT2D eigenvalue weighted by Crippen LogP contribution is 2.22. The first kappa shape index (κ1) is 14.4. The summed E-state index contributed by atoms with van der Waals surface area (Å²) in [5.41, 5.74) is 1.87. The molecule has 2 fully saturated rings. The number of ether oxygens (including phenoxy) is 1. The molecule has 4 heteroatoms. The minimum Gasteiger partial charge on any atom is -0.381 e. The Balaban J connectivity index is 1.54. The summed E-state index contributed by atoms with van der Waals surface area (Å²) in [6.07, 6.45) is 2.51. The van der Waals surface area contributed by atoms with E-state index in [4.69, 9.17) is 4.74 Å². The third-order valence-electron chi connectivity index (χ3n) is 4.51. The summed E-state index contributed by atoms with van der Waals surface area (Å²) in [6, 6.07) is 10.2. The lowest BCUT2D eigenvalue weighted by molar-refractivity contribution is 0.0377. The molecule has 112 valence electrons. The van der Waals surface area contributed by atoms with Crippen LogP contribution in [0.25, 0.3) is 0 Å². The summed E-state index contributed by atoms with van der Waals surface area (Å²) in [4.78, 5) is 4.89. The monoisotopic (exact) mass is 285 g/mol. The lowest BCUT2D eigenvalue weighted by atomic mass is 10.0. The first-order chi connectivity index (χ1) is 10.4. The van der Waals surface area contributed by atoms with E-state index in [2.05, 4.69) is 21.9 Å². The van der Waals surface area contributed by atoms with Crippen LogP contribution in [0.3, 0.4) is 0 Å². The van der Waals surface area contributed by atoms with Crippen molar-refractivity contribution in [3.05, 3.63) is 29.8 Å². The number of nitrogens with zero attached hydrogens (tertiary/aromatic N) is 3. The lowest BCUT2D eigenvalue weighted by Gasteiger charge is -2.38. The van der Waals surface area contributed by atoms with E-state index in [9.17, 15) is 5.26 Å². The summed E-state index contributed by atoms with van der Waals surface area (Å²) in [5.74, 6) is 0.705. The molecule has 0 saturated carbocycles. The SMILES string of the molecule is N#Cc1ccccc1N1CCN(C[C@@H]2CCCOC2)CC1. The lowest BCUT2D eigenvalue weighted by Crippen LogP contribution is -2.48. The van der Waals surface area contributed by atoms with E-state index < -0.39 is 0 Å². The fourth-order valence-corrected chi connectivity index (χ4v) is 3.33. The summed E-state index contributed by atoms with van der Waals surface area (Å²) in [6.45, 7) is 7.20. The van der Waals surface area contributed by atoms with E-state index in [1.165, 1.54) is 12.8 Å². The number of piperazine rings is 1. The van der Waals surface area contributed by atoms with E-state index >= 15 is 0 Å². The number of benzene rings is 1. The van der Waals surface area contributed by atoms with Gasteiger partial charge in [-0.1, -0.05) is 12.1 Å². The molecule has 0 aliphatic carbocycles. The molecule has 0 amide bonds. The highest BCUT2D eigenvalue weighted by Gasteiger charge is 2.22. The summed E-state index contributed by atoms with van der Waals surface area (Å²) < 4.78 is 5.57. The molecule has 1 aromatic carbocycles. The van der Waals surface area contributed by atoms with Crippen molar-refractivity contribution in [1.29, 1.82) is 5.26 Å². The Hall–Kier alpha value is -1.57. The van der Waals surface area contributed by atoms with Gasteiger partial charge >= 0.3 is 0 Å². The summed E-state index contributed by atoms with van der Waals surface area (Å²) >= 11 is 0. The molecule has 2 aliphatic rings. The molecule has 1 atom stereocenters. The van der Waals surface area contributed by atoms with Crippen LogP contribution in [0, 0.1) is 17.2 Å². The van der Waals surface area contributed by atoms with Gasteiger partial charge in [-0.25, -0.2) is 0 Å². The first-order valence-electron chi connectivity index (χ1n) is 7.91. The number of hydrogen-bond donors (Lipinski definition) is 0. The zero-order valence-electron chi connectivity index (χ0n) is 12.5. The molecular formula is C17H23N3O. The average molecular weight is 285 g/mol. The molecule has 3 rings (SSSR count). The Morgan fingerprint density at radius 2 is 2.00 bits per heavy atom. The second-order valence-corrected chi connectivity index (χ2v) is 6.00. The van der Waals surface area contributed by atoms with Crippen LogP contribution in [0.1, 0.15) is 18.4 Å². The molecule has 0 radical (unpaired) electrons. The third kappa shape index (κ3) is 3.55. The predicted octanol–water partition coefficient (Wildman–Crippen LogP) is 2.11. The van der Waals surface area contributed by atoms with Crippen molar-refractivity contribution in [2.45, 2.75) is 12.8 Å². The zero-order valence-corrected chi connectivity index (χ0v) is 12.5. The summed E-state index contributed by atoms with van der Waals surface area (Å²) in [7, 11) is 0. The van der Waals surface area contributed by atoms with Gasteiger partial charge in [-0.3, -0.25) is 4.90 Å². The molecule has 0 spiro atoms. The first-order valence-corrected chi connectivity index (χ1v) is 7.91. The number of hydrogen-bond acceptors (Lipinski definition) is 4. The molecule has 0 unspecified atom stereocenters. The Labute approximate surface area is 126 Å². The van der Waals surface area contributed by atoms with Gasteiger partial charge in [0, 0.05) is 39.3 Å². The van der Waals surface area contributed by atoms with Crippen molar-refractivity contribution in [3.8, 4) is 6.07 Å². The molecular weight excluding hydrogens is 262 g/mol. The highest BCUT2D eigenvalue weighted by atomic mass is 16.5. The van der Waals surface area contributed by atoms with Crippen LogP contribution in [0.4, 0.5) is 5.69 Å².